The van der Waals surface area contributed by atoms with Gasteiger partial charge in [-0.25, -0.2) is 4.98 Å². The molecule has 2 aromatic carbocycles. The van der Waals surface area contributed by atoms with Gasteiger partial charge in [-0.3, -0.25) is 0 Å². The Morgan fingerprint density at radius 2 is 1.90 bits per heavy atom. The Morgan fingerprint density at radius 1 is 1.14 bits per heavy atom. The van der Waals surface area contributed by atoms with Gasteiger partial charge in [-0.15, -0.1) is 0 Å². The largest absolute Gasteiger partial charge is 0.496 e. The summed E-state index contributed by atoms with van der Waals surface area (Å²) in [4.78, 5) is 4.72. The minimum absolute atomic E-state index is 0.447. The van der Waals surface area contributed by atoms with Gasteiger partial charge in [0.15, 0.2) is 0 Å². The third-order valence-corrected chi connectivity index (χ3v) is 3.45. The highest BCUT2D eigenvalue weighted by Crippen LogP contribution is 2.31. The second kappa shape index (κ2) is 5.68. The lowest BCUT2D eigenvalue weighted by Gasteiger charge is -2.10. The first-order chi connectivity index (χ1) is 10.3. The quantitative estimate of drug-likeness (QED) is 0.731. The molecule has 21 heavy (non-hydrogen) atoms. The number of fused-ring (bicyclic) bond motifs is 1. The van der Waals surface area contributed by atoms with Crippen LogP contribution in [0.3, 0.4) is 0 Å². The molecule has 0 N–H and O–H groups in total. The van der Waals surface area contributed by atoms with Gasteiger partial charge in [0.2, 0.25) is 0 Å². The number of hydrogen-bond acceptors (Lipinski definition) is 3. The molecule has 0 saturated carbocycles. The molecule has 0 saturated heterocycles. The molecule has 0 radical (unpaired) electrons. The maximum absolute atomic E-state index is 8.89. The Hall–Kier alpha value is -2.80. The Balaban J connectivity index is 2.24. The van der Waals surface area contributed by atoms with E-state index in [2.05, 4.69) is 10.6 Å². The van der Waals surface area contributed by atoms with Crippen molar-refractivity contribution in [3.05, 3.63) is 48.5 Å². The van der Waals surface area contributed by atoms with Gasteiger partial charge < -0.3 is 9.30 Å². The van der Waals surface area contributed by atoms with E-state index in [0.717, 1.165) is 28.2 Å². The molecule has 4 heteroatoms. The van der Waals surface area contributed by atoms with Crippen LogP contribution in [0.4, 0.5) is 0 Å². The predicted octanol–water partition coefficient (Wildman–Crippen LogP) is 3.63. The molecule has 3 aromatic rings. The zero-order valence-corrected chi connectivity index (χ0v) is 11.8. The number of ether oxygens (including phenoxy) is 1. The first-order valence-electron chi connectivity index (χ1n) is 6.80. The van der Waals surface area contributed by atoms with Crippen molar-refractivity contribution >= 4 is 11.0 Å². The number of nitrogens with zero attached hydrogens (tertiary/aromatic N) is 3. The zero-order valence-electron chi connectivity index (χ0n) is 11.8. The van der Waals surface area contributed by atoms with Crippen LogP contribution in [0, 0.1) is 11.3 Å². The topological polar surface area (TPSA) is 50.8 Å². The second-order valence-electron chi connectivity index (χ2n) is 4.68. The van der Waals surface area contributed by atoms with Gasteiger partial charge in [-0.05, 0) is 24.3 Å². The lowest BCUT2D eigenvalue weighted by atomic mass is 10.2. The minimum Gasteiger partial charge on any atom is -0.496 e. The number of aromatic nitrogens is 2. The standard InChI is InChI=1S/C17H15N3O/c1-21-16-10-5-2-7-13(16)17-19-14-8-3-4-9-15(14)20(17)12-6-11-18/h2-5,7-10H,6,12H2,1H3. The second-order valence-corrected chi connectivity index (χ2v) is 4.68. The molecule has 0 unspecified atom stereocenters. The van der Waals surface area contributed by atoms with Gasteiger partial charge in [0.1, 0.15) is 11.6 Å². The zero-order chi connectivity index (χ0) is 14.7. The van der Waals surface area contributed by atoms with E-state index in [0.29, 0.717) is 13.0 Å². The van der Waals surface area contributed by atoms with E-state index in [1.165, 1.54) is 0 Å². The average molecular weight is 277 g/mol. The van der Waals surface area contributed by atoms with Gasteiger partial charge >= 0.3 is 0 Å². The van der Waals surface area contributed by atoms with Crippen LogP contribution >= 0.6 is 0 Å². The molecule has 0 amide bonds. The van der Waals surface area contributed by atoms with Crippen LogP contribution in [0.15, 0.2) is 48.5 Å². The third kappa shape index (κ3) is 2.34. The number of imidazole rings is 1. The summed E-state index contributed by atoms with van der Waals surface area (Å²) >= 11 is 0. The van der Waals surface area contributed by atoms with E-state index in [-0.39, 0.29) is 0 Å². The fourth-order valence-electron chi connectivity index (χ4n) is 2.50. The molecule has 0 atom stereocenters. The van der Waals surface area contributed by atoms with Crippen LogP contribution in [0.2, 0.25) is 0 Å². The summed E-state index contributed by atoms with van der Waals surface area (Å²) in [7, 11) is 1.65. The predicted molar refractivity (Wildman–Crippen MR) is 82.0 cm³/mol. The van der Waals surface area contributed by atoms with Crippen LogP contribution in [0.25, 0.3) is 22.4 Å². The molecular formula is C17H15N3O. The first kappa shape index (κ1) is 13.2. The van der Waals surface area contributed by atoms with Gasteiger partial charge in [0.05, 0.1) is 36.2 Å². The summed E-state index contributed by atoms with van der Waals surface area (Å²) in [6.45, 7) is 0.615. The van der Waals surface area contributed by atoms with E-state index in [9.17, 15) is 0 Å². The molecule has 0 aliphatic rings. The van der Waals surface area contributed by atoms with Crippen molar-refractivity contribution in [3.8, 4) is 23.2 Å². The average Bonchev–Trinajstić information content (AvgIpc) is 2.91. The first-order valence-corrected chi connectivity index (χ1v) is 6.80. The maximum atomic E-state index is 8.89. The van der Waals surface area contributed by atoms with E-state index in [4.69, 9.17) is 15.0 Å². The molecule has 3 rings (SSSR count). The van der Waals surface area contributed by atoms with Crippen LogP contribution in [-0.4, -0.2) is 16.7 Å². The van der Waals surface area contributed by atoms with Gasteiger partial charge in [0, 0.05) is 6.54 Å². The molecular weight excluding hydrogens is 262 g/mol. The molecule has 0 aliphatic heterocycles. The lowest BCUT2D eigenvalue weighted by Crippen LogP contribution is -2.01. The Bertz CT molecular complexity index is 814. The van der Waals surface area contributed by atoms with Crippen molar-refractivity contribution in [2.45, 2.75) is 13.0 Å². The van der Waals surface area contributed by atoms with Crippen LogP contribution in [-0.2, 0) is 6.54 Å². The van der Waals surface area contributed by atoms with Crippen LogP contribution in [0.1, 0.15) is 6.42 Å². The number of methoxy groups -OCH3 is 1. The Morgan fingerprint density at radius 3 is 2.71 bits per heavy atom. The van der Waals surface area contributed by atoms with E-state index in [1.807, 2.05) is 48.5 Å². The number of benzene rings is 2. The maximum Gasteiger partial charge on any atom is 0.144 e. The number of hydrogen-bond donors (Lipinski definition) is 0. The van der Waals surface area contributed by atoms with E-state index >= 15 is 0 Å². The van der Waals surface area contributed by atoms with Crippen molar-refractivity contribution in [2.75, 3.05) is 7.11 Å². The molecule has 0 bridgehead atoms. The molecule has 4 nitrogen and oxygen atoms in total. The van der Waals surface area contributed by atoms with Crippen molar-refractivity contribution in [2.24, 2.45) is 0 Å². The van der Waals surface area contributed by atoms with Gasteiger partial charge in [-0.2, -0.15) is 5.26 Å². The normalized spacial score (nSPS) is 10.5. The summed E-state index contributed by atoms with van der Waals surface area (Å²) in [5.41, 5.74) is 2.90. The SMILES string of the molecule is COc1ccccc1-c1nc2ccccc2n1CCC#N. The summed E-state index contributed by atoms with van der Waals surface area (Å²) in [6, 6.07) is 18.0. The molecule has 1 heterocycles. The van der Waals surface area contributed by atoms with E-state index in [1.54, 1.807) is 7.11 Å². The van der Waals surface area contributed by atoms with Crippen molar-refractivity contribution in [1.29, 1.82) is 5.26 Å². The highest BCUT2D eigenvalue weighted by molar-refractivity contribution is 5.81. The summed E-state index contributed by atoms with van der Waals surface area (Å²) in [5, 5.41) is 8.89. The number of rotatable bonds is 4. The molecule has 0 fully saturated rings. The molecule has 104 valence electrons. The summed E-state index contributed by atoms with van der Waals surface area (Å²) < 4.78 is 7.52. The number of nitriles is 1. The van der Waals surface area contributed by atoms with Gasteiger partial charge in [0.25, 0.3) is 0 Å². The molecule has 0 spiro atoms. The van der Waals surface area contributed by atoms with Crippen molar-refractivity contribution < 1.29 is 4.74 Å². The number of para-hydroxylation sites is 3. The van der Waals surface area contributed by atoms with Crippen LogP contribution in [0.5, 0.6) is 5.75 Å². The Labute approximate surface area is 123 Å². The lowest BCUT2D eigenvalue weighted by molar-refractivity contribution is 0.416. The smallest absolute Gasteiger partial charge is 0.144 e. The van der Waals surface area contributed by atoms with Gasteiger partial charge in [-0.1, -0.05) is 24.3 Å². The van der Waals surface area contributed by atoms with Crippen molar-refractivity contribution in [3.63, 3.8) is 0 Å². The third-order valence-electron chi connectivity index (χ3n) is 3.45. The number of aryl methyl sites for hydroxylation is 1. The van der Waals surface area contributed by atoms with Crippen LogP contribution < -0.4 is 4.74 Å². The summed E-state index contributed by atoms with van der Waals surface area (Å²) in [6.07, 6.45) is 0.447. The fraction of sp³-hybridized carbons (Fsp3) is 0.176. The highest BCUT2D eigenvalue weighted by Gasteiger charge is 2.15. The summed E-state index contributed by atoms with van der Waals surface area (Å²) in [5.74, 6) is 1.62. The Kier molecular flexibility index (Phi) is 3.57. The minimum atomic E-state index is 0.447. The molecule has 0 aliphatic carbocycles. The molecule has 1 aromatic heterocycles. The highest BCUT2D eigenvalue weighted by atomic mass is 16.5. The fourth-order valence-corrected chi connectivity index (χ4v) is 2.50. The monoisotopic (exact) mass is 277 g/mol. The van der Waals surface area contributed by atoms with E-state index < -0.39 is 0 Å². The van der Waals surface area contributed by atoms with Crippen molar-refractivity contribution in [1.82, 2.24) is 9.55 Å².